The monoisotopic (exact) mass is 80.1 g/mol. The predicted molar refractivity (Wildman–Crippen MR) is 19.0 cm³/mol. The number of ether oxygens (including phenoxy) is 1. The van der Waals surface area contributed by atoms with Crippen LogP contribution in [0.5, 0.6) is 0 Å². The van der Waals surface area contributed by atoms with Gasteiger partial charge in [-0.05, 0) is 0 Å². The van der Waals surface area contributed by atoms with Crippen LogP contribution in [0.15, 0.2) is 0 Å². The van der Waals surface area contributed by atoms with E-state index in [1.54, 1.807) is 0 Å². The third-order valence-corrected chi connectivity index (χ3v) is 0.148. The van der Waals surface area contributed by atoms with E-state index >= 15 is 0 Å². The molecule has 32 valence electrons. The molecule has 0 aliphatic carbocycles. The standard InChI is InChI=1S/C3H8O2/c1-5-3-2-4/h4H,2-3H2,1H3/i2D2,3D2. The van der Waals surface area contributed by atoms with E-state index in [9.17, 15) is 0 Å². The Kier molecular flexibility index (Phi) is 0.945. The topological polar surface area (TPSA) is 29.5 Å². The van der Waals surface area contributed by atoms with Gasteiger partial charge in [-0.3, -0.25) is 0 Å². The molecule has 0 rings (SSSR count). The van der Waals surface area contributed by atoms with E-state index in [0.717, 1.165) is 7.11 Å². The van der Waals surface area contributed by atoms with Crippen LogP contribution in [0.25, 0.3) is 0 Å². The van der Waals surface area contributed by atoms with Crippen molar-refractivity contribution >= 4 is 0 Å². The fourth-order valence-corrected chi connectivity index (χ4v) is 0.0456. The predicted octanol–water partition coefficient (Wildman–Crippen LogP) is -0.375. The molecule has 0 aliphatic heterocycles. The summed E-state index contributed by atoms with van der Waals surface area (Å²) in [7, 11) is 0.980. The Labute approximate surface area is 37.0 Å². The first-order valence-electron chi connectivity index (χ1n) is 3.09. The molecule has 0 saturated heterocycles. The van der Waals surface area contributed by atoms with Crippen molar-refractivity contribution in [2.45, 2.75) is 0 Å². The lowest BCUT2D eigenvalue weighted by molar-refractivity contribution is 0.135. The fraction of sp³-hybridized carbons (Fsp3) is 1.00. The molecule has 0 aromatic heterocycles. The van der Waals surface area contributed by atoms with E-state index in [4.69, 9.17) is 10.6 Å². The average Bonchev–Trinajstić information content (AvgIpc) is 1.64. The second kappa shape index (κ2) is 3.92. The first-order valence-corrected chi connectivity index (χ1v) is 1.09. The molecular weight excluding hydrogens is 68.0 g/mol. The summed E-state index contributed by atoms with van der Waals surface area (Å²) in [6.07, 6.45) is 0. The van der Waals surface area contributed by atoms with Gasteiger partial charge in [0.25, 0.3) is 0 Å². The molecule has 0 spiro atoms. The molecule has 0 saturated carbocycles. The lowest BCUT2D eigenvalue weighted by Gasteiger charge is -1.84. The van der Waals surface area contributed by atoms with Crippen molar-refractivity contribution in [2.75, 3.05) is 20.2 Å². The van der Waals surface area contributed by atoms with Crippen molar-refractivity contribution in [2.24, 2.45) is 0 Å². The van der Waals surface area contributed by atoms with Crippen LogP contribution in [0.2, 0.25) is 0 Å². The Hall–Kier alpha value is -0.0800. The van der Waals surface area contributed by atoms with E-state index < -0.39 is 13.1 Å². The third kappa shape index (κ3) is 3.92. The van der Waals surface area contributed by atoms with E-state index in [1.165, 1.54) is 0 Å². The van der Waals surface area contributed by atoms with Gasteiger partial charge in [0.2, 0.25) is 0 Å². The molecular formula is C3H8O2. The largest absolute Gasteiger partial charge is 0.394 e. The molecule has 0 bridgehead atoms. The summed E-state index contributed by atoms with van der Waals surface area (Å²) in [6, 6.07) is 0. The first kappa shape index (κ1) is 1.21. The van der Waals surface area contributed by atoms with Crippen LogP contribution in [0.3, 0.4) is 0 Å². The smallest absolute Gasteiger partial charge is 0.0693 e. The minimum Gasteiger partial charge on any atom is -0.394 e. The Bertz CT molecular complexity index is 96.5. The molecule has 0 atom stereocenters. The van der Waals surface area contributed by atoms with Crippen LogP contribution in [0.1, 0.15) is 5.48 Å². The highest BCUT2D eigenvalue weighted by Gasteiger charge is 1.67. The second-order valence-electron chi connectivity index (χ2n) is 0.418. The highest BCUT2D eigenvalue weighted by atomic mass is 16.5. The van der Waals surface area contributed by atoms with Gasteiger partial charge in [-0.15, -0.1) is 0 Å². The summed E-state index contributed by atoms with van der Waals surface area (Å²) in [5.74, 6) is 0. The molecule has 0 unspecified atom stereocenters. The molecule has 5 heavy (non-hydrogen) atoms. The SMILES string of the molecule is [2H]C([2H])(O)C([2H])([2H])OC. The van der Waals surface area contributed by atoms with Gasteiger partial charge in [0.15, 0.2) is 0 Å². The first-order chi connectivity index (χ1) is 3.81. The highest BCUT2D eigenvalue weighted by molar-refractivity contribution is 4.12. The number of rotatable bonds is 2. The quantitative estimate of drug-likeness (QED) is 0.490. The van der Waals surface area contributed by atoms with Crippen LogP contribution >= 0.6 is 0 Å². The Morgan fingerprint density at radius 3 is 2.80 bits per heavy atom. The number of aliphatic hydroxyl groups is 1. The fourth-order valence-electron chi connectivity index (χ4n) is 0.0456. The van der Waals surface area contributed by atoms with Gasteiger partial charge in [-0.1, -0.05) is 0 Å². The zero-order valence-electron chi connectivity index (χ0n) is 6.86. The second-order valence-corrected chi connectivity index (χ2v) is 0.418. The van der Waals surface area contributed by atoms with Gasteiger partial charge in [0, 0.05) is 7.11 Å². The van der Waals surface area contributed by atoms with E-state index in [-0.39, 0.29) is 0 Å². The summed E-state index contributed by atoms with van der Waals surface area (Å²) in [4.78, 5) is 0. The number of methoxy groups -OCH3 is 1. The normalized spacial score (nSPS) is 26.0. The average molecular weight is 80.1 g/mol. The summed E-state index contributed by atoms with van der Waals surface area (Å²) < 4.78 is 30.2. The Morgan fingerprint density at radius 1 is 2.20 bits per heavy atom. The molecule has 0 aliphatic rings. The highest BCUT2D eigenvalue weighted by Crippen LogP contribution is 1.56. The van der Waals surface area contributed by atoms with Crippen molar-refractivity contribution in [3.8, 4) is 0 Å². The van der Waals surface area contributed by atoms with E-state index in [0.29, 0.717) is 0 Å². The molecule has 2 nitrogen and oxygen atoms in total. The van der Waals surface area contributed by atoms with Gasteiger partial charge < -0.3 is 9.84 Å². The minimum absolute atomic E-state index is 0.980. The number of hydrogen-bond donors (Lipinski definition) is 1. The van der Waals surface area contributed by atoms with E-state index in [2.05, 4.69) is 4.74 Å². The van der Waals surface area contributed by atoms with E-state index in [1.807, 2.05) is 0 Å². The maximum absolute atomic E-state index is 8.38. The van der Waals surface area contributed by atoms with Crippen molar-refractivity contribution in [3.63, 3.8) is 0 Å². The van der Waals surface area contributed by atoms with Crippen LogP contribution in [0, 0.1) is 0 Å². The van der Waals surface area contributed by atoms with Crippen molar-refractivity contribution in [3.05, 3.63) is 0 Å². The van der Waals surface area contributed by atoms with Gasteiger partial charge in [-0.25, -0.2) is 0 Å². The molecule has 0 fully saturated rings. The van der Waals surface area contributed by atoms with Crippen LogP contribution in [-0.2, 0) is 4.74 Å². The third-order valence-electron chi connectivity index (χ3n) is 0.148. The lowest BCUT2D eigenvalue weighted by Crippen LogP contribution is -1.91. The molecule has 0 aromatic carbocycles. The summed E-state index contributed by atoms with van der Waals surface area (Å²) in [5, 5.41) is 8.38. The zero-order chi connectivity index (χ0) is 7.71. The van der Waals surface area contributed by atoms with Crippen LogP contribution in [-0.4, -0.2) is 25.3 Å². The lowest BCUT2D eigenvalue weighted by atomic mass is 10.8. The van der Waals surface area contributed by atoms with Gasteiger partial charge >= 0.3 is 0 Å². The molecule has 0 aromatic rings. The molecule has 1 N–H and O–H groups in total. The van der Waals surface area contributed by atoms with Crippen LogP contribution in [0.4, 0.5) is 0 Å². The van der Waals surface area contributed by atoms with Crippen molar-refractivity contribution in [1.82, 2.24) is 0 Å². The summed E-state index contributed by atoms with van der Waals surface area (Å²) >= 11 is 0. The Balaban J connectivity index is 4.14. The maximum Gasteiger partial charge on any atom is 0.0693 e. The maximum atomic E-state index is 8.38. The van der Waals surface area contributed by atoms with Gasteiger partial charge in [0.05, 0.1) is 18.6 Å². The van der Waals surface area contributed by atoms with Gasteiger partial charge in [0.1, 0.15) is 0 Å². The summed E-state index contributed by atoms with van der Waals surface area (Å²) in [6.45, 7) is -5.57. The minimum atomic E-state index is -2.94. The summed E-state index contributed by atoms with van der Waals surface area (Å²) in [5.41, 5.74) is 0. The Morgan fingerprint density at radius 2 is 2.80 bits per heavy atom. The molecule has 0 heterocycles. The van der Waals surface area contributed by atoms with Crippen molar-refractivity contribution < 1.29 is 15.3 Å². The molecule has 0 radical (unpaired) electrons. The number of hydrogen-bond acceptors (Lipinski definition) is 2. The molecule has 2 heteroatoms. The van der Waals surface area contributed by atoms with Gasteiger partial charge in [-0.2, -0.15) is 0 Å². The van der Waals surface area contributed by atoms with Crippen molar-refractivity contribution in [1.29, 1.82) is 0 Å². The molecule has 0 amide bonds. The van der Waals surface area contributed by atoms with Crippen LogP contribution < -0.4 is 0 Å². The zero-order valence-corrected chi connectivity index (χ0v) is 2.86.